The average Bonchev–Trinajstić information content (AvgIpc) is 2.27. The van der Waals surface area contributed by atoms with Crippen LogP contribution in [0.1, 0.15) is 40.5 Å². The topological polar surface area (TPSA) is 24.7 Å². The van der Waals surface area contributed by atoms with Gasteiger partial charge in [-0.1, -0.05) is 13.8 Å². The van der Waals surface area contributed by atoms with Crippen molar-refractivity contribution < 1.29 is 0 Å². The van der Waals surface area contributed by atoms with Crippen molar-refractivity contribution >= 4 is 11.4 Å². The molecule has 0 saturated heterocycles. The summed E-state index contributed by atoms with van der Waals surface area (Å²) in [6, 6.07) is 0. The van der Waals surface area contributed by atoms with Crippen LogP contribution in [0.3, 0.4) is 0 Å². The van der Waals surface area contributed by atoms with Crippen molar-refractivity contribution in [3.8, 4) is 0 Å². The average molecular weight is 152 g/mol. The Labute approximate surface area is 68.4 Å². The molecule has 1 heterocycles. The number of rotatable bonds is 2. The highest BCUT2D eigenvalue weighted by molar-refractivity contribution is 6.42. The van der Waals surface area contributed by atoms with Crippen LogP contribution in [0.25, 0.3) is 0 Å². The predicted molar refractivity (Wildman–Crippen MR) is 49.5 cm³/mol. The number of aliphatic imine (C=N–C) groups is 2. The van der Waals surface area contributed by atoms with Crippen molar-refractivity contribution in [2.24, 2.45) is 9.98 Å². The molecule has 62 valence electrons. The molecule has 0 spiro atoms. The molecule has 1 unspecified atom stereocenters. The molecule has 0 amide bonds. The first-order chi connectivity index (χ1) is 5.11. The van der Waals surface area contributed by atoms with Crippen LogP contribution < -0.4 is 0 Å². The molecule has 0 aromatic carbocycles. The first-order valence-electron chi connectivity index (χ1n) is 4.27. The van der Waals surface area contributed by atoms with Crippen molar-refractivity contribution in [1.82, 2.24) is 0 Å². The van der Waals surface area contributed by atoms with E-state index in [1.165, 1.54) is 5.71 Å². The van der Waals surface area contributed by atoms with Gasteiger partial charge in [-0.2, -0.15) is 0 Å². The maximum atomic E-state index is 4.55. The quantitative estimate of drug-likeness (QED) is 0.580. The largest absolute Gasteiger partial charge is 0.259 e. The summed E-state index contributed by atoms with van der Waals surface area (Å²) in [7, 11) is 0. The summed E-state index contributed by atoms with van der Waals surface area (Å²) in [6.07, 6.45) is 2.00. The maximum absolute atomic E-state index is 4.55. The fourth-order valence-electron chi connectivity index (χ4n) is 1.32. The van der Waals surface area contributed by atoms with Gasteiger partial charge in [0.2, 0.25) is 0 Å². The summed E-state index contributed by atoms with van der Waals surface area (Å²) in [5, 5.41) is 0. The molecule has 1 rings (SSSR count). The first kappa shape index (κ1) is 8.44. The van der Waals surface area contributed by atoms with Crippen molar-refractivity contribution in [3.63, 3.8) is 0 Å². The number of hydrogen-bond acceptors (Lipinski definition) is 2. The van der Waals surface area contributed by atoms with Gasteiger partial charge in [0.15, 0.2) is 0 Å². The zero-order valence-corrected chi connectivity index (χ0v) is 7.81. The molecule has 0 N–H and O–H groups in total. The van der Waals surface area contributed by atoms with E-state index in [0.29, 0.717) is 0 Å². The second-order valence-electron chi connectivity index (χ2n) is 3.18. The van der Waals surface area contributed by atoms with E-state index in [1.54, 1.807) is 0 Å². The zero-order chi connectivity index (χ0) is 8.48. The van der Waals surface area contributed by atoms with Crippen LogP contribution in [0.2, 0.25) is 0 Å². The van der Waals surface area contributed by atoms with Crippen molar-refractivity contribution in [3.05, 3.63) is 0 Å². The smallest absolute Gasteiger partial charge is 0.147 e. The van der Waals surface area contributed by atoms with E-state index in [4.69, 9.17) is 0 Å². The van der Waals surface area contributed by atoms with Crippen LogP contribution >= 0.6 is 0 Å². The minimum absolute atomic E-state index is 0.143. The summed E-state index contributed by atoms with van der Waals surface area (Å²) in [5.41, 5.74) is 2.15. The minimum atomic E-state index is -0.143. The van der Waals surface area contributed by atoms with Gasteiger partial charge in [0.05, 0.1) is 11.4 Å². The Hall–Kier alpha value is -0.660. The molecular weight excluding hydrogens is 136 g/mol. The van der Waals surface area contributed by atoms with E-state index in [1.807, 2.05) is 6.92 Å². The molecule has 0 bridgehead atoms. The second-order valence-corrected chi connectivity index (χ2v) is 3.18. The molecule has 0 radical (unpaired) electrons. The fraction of sp³-hybridized carbons (Fsp3) is 0.778. The lowest BCUT2D eigenvalue weighted by atomic mass is 10.2. The fourth-order valence-corrected chi connectivity index (χ4v) is 1.32. The molecule has 1 aliphatic rings. The molecule has 0 fully saturated rings. The SMILES string of the molecule is CCC1=NC(C)(CC)N=C1C. The van der Waals surface area contributed by atoms with Crippen LogP contribution in [0.5, 0.6) is 0 Å². The lowest BCUT2D eigenvalue weighted by Gasteiger charge is -2.13. The normalized spacial score (nSPS) is 30.2. The molecule has 0 aliphatic carbocycles. The molecule has 0 aromatic rings. The van der Waals surface area contributed by atoms with Crippen LogP contribution in [0.4, 0.5) is 0 Å². The van der Waals surface area contributed by atoms with Gasteiger partial charge in [-0.15, -0.1) is 0 Å². The van der Waals surface area contributed by atoms with E-state index in [2.05, 4.69) is 30.8 Å². The van der Waals surface area contributed by atoms with Crippen LogP contribution in [-0.4, -0.2) is 17.1 Å². The molecular formula is C9H16N2. The third-order valence-electron chi connectivity index (χ3n) is 2.21. The van der Waals surface area contributed by atoms with Gasteiger partial charge in [0, 0.05) is 0 Å². The van der Waals surface area contributed by atoms with Crippen LogP contribution in [-0.2, 0) is 0 Å². The van der Waals surface area contributed by atoms with Crippen LogP contribution in [0, 0.1) is 0 Å². The van der Waals surface area contributed by atoms with Crippen molar-refractivity contribution in [2.45, 2.75) is 46.2 Å². The summed E-state index contributed by atoms with van der Waals surface area (Å²) in [4.78, 5) is 9.06. The van der Waals surface area contributed by atoms with Gasteiger partial charge < -0.3 is 0 Å². The van der Waals surface area contributed by atoms with Gasteiger partial charge in [0.1, 0.15) is 5.66 Å². The zero-order valence-electron chi connectivity index (χ0n) is 7.81. The van der Waals surface area contributed by atoms with E-state index in [9.17, 15) is 0 Å². The standard InChI is InChI=1S/C9H16N2/c1-5-8-7(3)10-9(4,6-2)11-8/h5-6H2,1-4H3. The monoisotopic (exact) mass is 152 g/mol. The van der Waals surface area contributed by atoms with E-state index in [0.717, 1.165) is 18.6 Å². The van der Waals surface area contributed by atoms with E-state index in [-0.39, 0.29) is 5.66 Å². The van der Waals surface area contributed by atoms with Gasteiger partial charge in [-0.25, -0.2) is 0 Å². The Morgan fingerprint density at radius 2 is 1.91 bits per heavy atom. The molecule has 1 atom stereocenters. The molecule has 0 aromatic heterocycles. The van der Waals surface area contributed by atoms with E-state index < -0.39 is 0 Å². The predicted octanol–water partition coefficient (Wildman–Crippen LogP) is 2.44. The van der Waals surface area contributed by atoms with Gasteiger partial charge in [-0.05, 0) is 26.7 Å². The van der Waals surface area contributed by atoms with Gasteiger partial charge in [0.25, 0.3) is 0 Å². The second kappa shape index (κ2) is 2.76. The third-order valence-corrected chi connectivity index (χ3v) is 2.21. The lowest BCUT2D eigenvalue weighted by molar-refractivity contribution is 0.490. The lowest BCUT2D eigenvalue weighted by Crippen LogP contribution is -2.13. The summed E-state index contributed by atoms with van der Waals surface area (Å²) < 4.78 is 0. The Morgan fingerprint density at radius 3 is 2.18 bits per heavy atom. The van der Waals surface area contributed by atoms with E-state index >= 15 is 0 Å². The van der Waals surface area contributed by atoms with Crippen LogP contribution in [0.15, 0.2) is 9.98 Å². The molecule has 2 heteroatoms. The molecule has 0 saturated carbocycles. The Kier molecular flexibility index (Phi) is 2.12. The molecule has 11 heavy (non-hydrogen) atoms. The molecule has 2 nitrogen and oxygen atoms in total. The maximum Gasteiger partial charge on any atom is 0.147 e. The van der Waals surface area contributed by atoms with Gasteiger partial charge in [-0.3, -0.25) is 9.98 Å². The minimum Gasteiger partial charge on any atom is -0.259 e. The Morgan fingerprint density at radius 1 is 1.27 bits per heavy atom. The highest BCUT2D eigenvalue weighted by atomic mass is 15.1. The van der Waals surface area contributed by atoms with Gasteiger partial charge >= 0.3 is 0 Å². The summed E-state index contributed by atoms with van der Waals surface area (Å²) in [6.45, 7) is 8.38. The highest BCUT2D eigenvalue weighted by Gasteiger charge is 2.26. The van der Waals surface area contributed by atoms with Crippen molar-refractivity contribution in [2.75, 3.05) is 0 Å². The summed E-state index contributed by atoms with van der Waals surface area (Å²) >= 11 is 0. The Balaban J connectivity index is 2.89. The Bertz CT molecular complexity index is 216. The third kappa shape index (κ3) is 1.50. The highest BCUT2D eigenvalue weighted by Crippen LogP contribution is 2.23. The van der Waals surface area contributed by atoms with Crippen molar-refractivity contribution in [1.29, 1.82) is 0 Å². The summed E-state index contributed by atoms with van der Waals surface area (Å²) in [5.74, 6) is 0. The number of hydrogen-bond donors (Lipinski definition) is 0. The molecule has 1 aliphatic heterocycles. The first-order valence-corrected chi connectivity index (χ1v) is 4.27. The number of nitrogens with zero attached hydrogens (tertiary/aromatic N) is 2.